The van der Waals surface area contributed by atoms with Gasteiger partial charge in [-0.05, 0) is 37.5 Å². The number of isocyanates is 1. The van der Waals surface area contributed by atoms with Gasteiger partial charge >= 0.3 is 0 Å². The summed E-state index contributed by atoms with van der Waals surface area (Å²) in [5, 5.41) is 0. The largest absolute Gasteiger partial charge is 0.496 e. The van der Waals surface area contributed by atoms with E-state index in [1.165, 1.54) is 6.07 Å². The molecule has 1 fully saturated rings. The van der Waals surface area contributed by atoms with E-state index in [1.54, 1.807) is 26.2 Å². The van der Waals surface area contributed by atoms with Gasteiger partial charge in [-0.1, -0.05) is 12.8 Å². The van der Waals surface area contributed by atoms with Crippen LogP contribution >= 0.6 is 0 Å². The molecule has 1 aliphatic rings. The lowest BCUT2D eigenvalue weighted by Crippen LogP contribution is -2.22. The summed E-state index contributed by atoms with van der Waals surface area (Å²) in [6.07, 6.45) is 4.88. The molecule has 1 saturated carbocycles. The average molecular weight is 249 g/mol. The van der Waals surface area contributed by atoms with E-state index in [0.29, 0.717) is 24.2 Å². The van der Waals surface area contributed by atoms with E-state index in [-0.39, 0.29) is 5.82 Å². The maximum absolute atomic E-state index is 14.1. The van der Waals surface area contributed by atoms with Gasteiger partial charge in [0.2, 0.25) is 6.08 Å². The van der Waals surface area contributed by atoms with Crippen molar-refractivity contribution in [3.63, 3.8) is 0 Å². The van der Waals surface area contributed by atoms with E-state index in [1.807, 2.05) is 0 Å². The van der Waals surface area contributed by atoms with Crippen LogP contribution in [0, 0.1) is 12.7 Å². The number of aliphatic imine (C=N–C) groups is 1. The SMILES string of the molecule is COc1ccc(F)c(C2(N=C=O)CCCC2)c1C. The molecule has 0 aliphatic heterocycles. The zero-order valence-electron chi connectivity index (χ0n) is 10.6. The highest BCUT2D eigenvalue weighted by Gasteiger charge is 2.39. The van der Waals surface area contributed by atoms with Crippen molar-refractivity contribution in [2.45, 2.75) is 38.1 Å². The number of rotatable bonds is 3. The molecule has 0 radical (unpaired) electrons. The fourth-order valence-electron chi connectivity index (χ4n) is 2.92. The fourth-order valence-corrected chi connectivity index (χ4v) is 2.92. The Morgan fingerprint density at radius 1 is 1.39 bits per heavy atom. The molecule has 1 aromatic rings. The molecular weight excluding hydrogens is 233 g/mol. The number of hydrogen-bond acceptors (Lipinski definition) is 3. The molecule has 0 N–H and O–H groups in total. The number of methoxy groups -OCH3 is 1. The first-order valence-electron chi connectivity index (χ1n) is 6.07. The minimum absolute atomic E-state index is 0.325. The van der Waals surface area contributed by atoms with Gasteiger partial charge in [0.05, 0.1) is 7.11 Å². The van der Waals surface area contributed by atoms with Crippen LogP contribution in [0.3, 0.4) is 0 Å². The lowest BCUT2D eigenvalue weighted by atomic mass is 9.85. The maximum Gasteiger partial charge on any atom is 0.235 e. The average Bonchev–Trinajstić information content (AvgIpc) is 2.79. The van der Waals surface area contributed by atoms with Crippen molar-refractivity contribution in [1.82, 2.24) is 0 Å². The van der Waals surface area contributed by atoms with Crippen LogP contribution in [-0.2, 0) is 10.3 Å². The molecule has 0 unspecified atom stereocenters. The van der Waals surface area contributed by atoms with Gasteiger partial charge in [-0.25, -0.2) is 9.18 Å². The van der Waals surface area contributed by atoms with E-state index >= 15 is 0 Å². The van der Waals surface area contributed by atoms with Gasteiger partial charge in [-0.15, -0.1) is 0 Å². The Hall–Kier alpha value is -1.67. The molecule has 0 spiro atoms. The van der Waals surface area contributed by atoms with E-state index in [4.69, 9.17) is 4.74 Å². The molecule has 1 aromatic carbocycles. The zero-order valence-corrected chi connectivity index (χ0v) is 10.6. The first-order chi connectivity index (χ1) is 8.64. The summed E-state index contributed by atoms with van der Waals surface area (Å²) in [7, 11) is 1.55. The quantitative estimate of drug-likeness (QED) is 0.609. The first kappa shape index (κ1) is 12.8. The first-order valence-corrected chi connectivity index (χ1v) is 6.07. The minimum atomic E-state index is -0.746. The zero-order chi connectivity index (χ0) is 13.2. The predicted octanol–water partition coefficient (Wildman–Crippen LogP) is 3.25. The number of halogens is 1. The molecule has 0 bridgehead atoms. The van der Waals surface area contributed by atoms with Crippen LogP contribution < -0.4 is 4.74 Å². The van der Waals surface area contributed by atoms with Gasteiger partial charge in [-0.3, -0.25) is 0 Å². The summed E-state index contributed by atoms with van der Waals surface area (Å²) < 4.78 is 19.4. The smallest absolute Gasteiger partial charge is 0.235 e. The van der Waals surface area contributed by atoms with Crippen molar-refractivity contribution in [3.8, 4) is 5.75 Å². The van der Waals surface area contributed by atoms with E-state index in [0.717, 1.165) is 18.4 Å². The van der Waals surface area contributed by atoms with Crippen LogP contribution in [0.25, 0.3) is 0 Å². The second-order valence-electron chi connectivity index (χ2n) is 4.69. The molecule has 0 amide bonds. The molecule has 0 heterocycles. The lowest BCUT2D eigenvalue weighted by Gasteiger charge is -2.26. The number of nitrogens with zero attached hydrogens (tertiary/aromatic N) is 1. The number of hydrogen-bond donors (Lipinski definition) is 0. The molecule has 0 atom stereocenters. The van der Waals surface area contributed by atoms with Crippen molar-refractivity contribution in [1.29, 1.82) is 0 Å². The Morgan fingerprint density at radius 2 is 2.06 bits per heavy atom. The molecule has 0 aromatic heterocycles. The lowest BCUT2D eigenvalue weighted by molar-refractivity contribution is 0.394. The summed E-state index contributed by atoms with van der Waals surface area (Å²) in [5.74, 6) is 0.299. The van der Waals surface area contributed by atoms with Crippen LogP contribution in [-0.4, -0.2) is 13.2 Å². The normalized spacial score (nSPS) is 17.3. The highest BCUT2D eigenvalue weighted by atomic mass is 19.1. The molecule has 3 nitrogen and oxygen atoms in total. The maximum atomic E-state index is 14.1. The molecular formula is C14H16FNO2. The van der Waals surface area contributed by atoms with Crippen molar-refractivity contribution in [2.75, 3.05) is 7.11 Å². The van der Waals surface area contributed by atoms with Gasteiger partial charge in [0.25, 0.3) is 0 Å². The molecule has 96 valence electrons. The third kappa shape index (κ3) is 1.93. The van der Waals surface area contributed by atoms with Crippen molar-refractivity contribution < 1.29 is 13.9 Å². The summed E-state index contributed by atoms with van der Waals surface area (Å²) in [6.45, 7) is 1.80. The van der Waals surface area contributed by atoms with Gasteiger partial charge in [0.1, 0.15) is 17.1 Å². The number of benzene rings is 1. The monoisotopic (exact) mass is 249 g/mol. The van der Waals surface area contributed by atoms with E-state index < -0.39 is 5.54 Å². The fraction of sp³-hybridized carbons (Fsp3) is 0.500. The molecule has 0 saturated heterocycles. The third-order valence-electron chi connectivity index (χ3n) is 3.74. The predicted molar refractivity (Wildman–Crippen MR) is 66.0 cm³/mol. The highest BCUT2D eigenvalue weighted by Crippen LogP contribution is 2.45. The summed E-state index contributed by atoms with van der Waals surface area (Å²) in [5.41, 5.74) is 0.464. The Balaban J connectivity index is 2.64. The second kappa shape index (κ2) is 4.91. The van der Waals surface area contributed by atoms with Crippen LogP contribution in [0.4, 0.5) is 4.39 Å². The Bertz CT molecular complexity index is 501. The van der Waals surface area contributed by atoms with E-state index in [9.17, 15) is 9.18 Å². The molecule has 2 rings (SSSR count). The van der Waals surface area contributed by atoms with Crippen LogP contribution in [0.2, 0.25) is 0 Å². The summed E-state index contributed by atoms with van der Waals surface area (Å²) in [6, 6.07) is 2.98. The Labute approximate surface area is 106 Å². The second-order valence-corrected chi connectivity index (χ2v) is 4.69. The number of carbonyl (C=O) groups excluding carboxylic acids is 1. The summed E-state index contributed by atoms with van der Waals surface area (Å²) >= 11 is 0. The van der Waals surface area contributed by atoms with Crippen LogP contribution in [0.15, 0.2) is 17.1 Å². The van der Waals surface area contributed by atoms with Gasteiger partial charge < -0.3 is 4.74 Å². The third-order valence-corrected chi connectivity index (χ3v) is 3.74. The molecule has 1 aliphatic carbocycles. The standard InChI is InChI=1S/C14H16FNO2/c1-10-12(18-2)6-5-11(15)13(10)14(16-9-17)7-3-4-8-14/h5-6H,3-4,7-8H2,1-2H3. The van der Waals surface area contributed by atoms with Gasteiger partial charge in [0, 0.05) is 5.56 Å². The molecule has 18 heavy (non-hydrogen) atoms. The summed E-state index contributed by atoms with van der Waals surface area (Å²) in [4.78, 5) is 14.6. The minimum Gasteiger partial charge on any atom is -0.496 e. The van der Waals surface area contributed by atoms with E-state index in [2.05, 4.69) is 4.99 Å². The van der Waals surface area contributed by atoms with Crippen molar-refractivity contribution in [3.05, 3.63) is 29.1 Å². The highest BCUT2D eigenvalue weighted by molar-refractivity contribution is 5.47. The van der Waals surface area contributed by atoms with Crippen molar-refractivity contribution >= 4 is 6.08 Å². The Morgan fingerprint density at radius 3 is 2.61 bits per heavy atom. The van der Waals surface area contributed by atoms with Crippen LogP contribution in [0.1, 0.15) is 36.8 Å². The molecule has 4 heteroatoms. The Kier molecular flexibility index (Phi) is 3.48. The van der Waals surface area contributed by atoms with Crippen molar-refractivity contribution in [2.24, 2.45) is 4.99 Å². The topological polar surface area (TPSA) is 38.7 Å². The van der Waals surface area contributed by atoms with Gasteiger partial charge in [0.15, 0.2) is 0 Å². The van der Waals surface area contributed by atoms with Gasteiger partial charge in [-0.2, -0.15) is 4.99 Å². The van der Waals surface area contributed by atoms with Crippen LogP contribution in [0.5, 0.6) is 5.75 Å². The number of ether oxygens (including phenoxy) is 1.